The Bertz CT molecular complexity index is 993. The van der Waals surface area contributed by atoms with E-state index in [2.05, 4.69) is 20.3 Å². The summed E-state index contributed by atoms with van der Waals surface area (Å²) >= 11 is 0. The molecule has 1 amide bonds. The minimum Gasteiger partial charge on any atom is -0.378 e. The molecular formula is C19H19N5O2. The van der Waals surface area contributed by atoms with Gasteiger partial charge in [0.05, 0.1) is 0 Å². The van der Waals surface area contributed by atoms with Crippen LogP contribution in [0.4, 0.5) is 11.4 Å². The molecule has 3 rings (SSSR count). The number of aryl methyl sites for hydroxylation is 1. The Labute approximate surface area is 150 Å². The van der Waals surface area contributed by atoms with Crippen LogP contribution in [0.2, 0.25) is 0 Å². The Hall–Kier alpha value is -3.48. The van der Waals surface area contributed by atoms with Gasteiger partial charge in [-0.15, -0.1) is 0 Å². The number of carbonyl (C=O) groups is 1. The number of hydrogen-bond donors (Lipinski definition) is 2. The Morgan fingerprint density at radius 1 is 1.12 bits per heavy atom. The molecule has 0 fully saturated rings. The Balaban J connectivity index is 1.78. The van der Waals surface area contributed by atoms with Crippen LogP contribution < -0.4 is 15.8 Å². The van der Waals surface area contributed by atoms with Crippen molar-refractivity contribution in [1.82, 2.24) is 15.0 Å². The molecule has 2 aromatic heterocycles. The summed E-state index contributed by atoms with van der Waals surface area (Å²) in [4.78, 5) is 37.0. The number of pyridine rings is 1. The van der Waals surface area contributed by atoms with Crippen LogP contribution in [0.5, 0.6) is 0 Å². The topological polar surface area (TPSA) is 91.0 Å². The highest BCUT2D eigenvalue weighted by Crippen LogP contribution is 2.18. The monoisotopic (exact) mass is 349 g/mol. The molecule has 0 unspecified atom stereocenters. The number of amides is 1. The van der Waals surface area contributed by atoms with E-state index in [1.807, 2.05) is 25.1 Å². The van der Waals surface area contributed by atoms with E-state index < -0.39 is 0 Å². The molecule has 0 aliphatic carbocycles. The molecular weight excluding hydrogens is 330 g/mol. The number of aromatic amines is 1. The summed E-state index contributed by atoms with van der Waals surface area (Å²) in [5.41, 5.74) is 3.08. The maximum absolute atomic E-state index is 12.4. The highest BCUT2D eigenvalue weighted by Gasteiger charge is 2.10. The largest absolute Gasteiger partial charge is 0.378 e. The number of nitrogens with zero attached hydrogens (tertiary/aromatic N) is 3. The third-order valence-corrected chi connectivity index (χ3v) is 3.78. The van der Waals surface area contributed by atoms with Gasteiger partial charge in [0.2, 0.25) is 0 Å². The lowest BCUT2D eigenvalue weighted by Gasteiger charge is -2.13. The van der Waals surface area contributed by atoms with E-state index in [0.29, 0.717) is 22.9 Å². The zero-order chi connectivity index (χ0) is 18.7. The van der Waals surface area contributed by atoms with E-state index in [4.69, 9.17) is 0 Å². The van der Waals surface area contributed by atoms with E-state index in [1.165, 1.54) is 6.07 Å². The summed E-state index contributed by atoms with van der Waals surface area (Å²) in [7, 11) is 3.80. The second-order valence-corrected chi connectivity index (χ2v) is 6.06. The summed E-state index contributed by atoms with van der Waals surface area (Å²) in [6, 6.07) is 12.1. The predicted molar refractivity (Wildman–Crippen MR) is 102 cm³/mol. The first kappa shape index (κ1) is 17.3. The van der Waals surface area contributed by atoms with Crippen LogP contribution in [-0.4, -0.2) is 35.0 Å². The van der Waals surface area contributed by atoms with Crippen LogP contribution in [0.3, 0.4) is 0 Å². The number of hydrogen-bond acceptors (Lipinski definition) is 5. The Kier molecular flexibility index (Phi) is 4.79. The maximum atomic E-state index is 12.4. The molecule has 0 aliphatic rings. The smallest absolute Gasteiger partial charge is 0.274 e. The fourth-order valence-corrected chi connectivity index (χ4v) is 2.44. The van der Waals surface area contributed by atoms with Gasteiger partial charge in [-0.1, -0.05) is 0 Å². The normalized spacial score (nSPS) is 10.4. The van der Waals surface area contributed by atoms with E-state index in [0.717, 1.165) is 11.3 Å². The van der Waals surface area contributed by atoms with Gasteiger partial charge in [0, 0.05) is 49.0 Å². The zero-order valence-corrected chi connectivity index (χ0v) is 14.8. The minimum absolute atomic E-state index is 0.197. The SMILES string of the molecule is Cc1cc(=O)[nH]c(-c2ccc(NC(=O)c3cc(N(C)C)ccn3)cc2)n1. The van der Waals surface area contributed by atoms with Crippen molar-refractivity contribution in [2.45, 2.75) is 6.92 Å². The summed E-state index contributed by atoms with van der Waals surface area (Å²) in [6.07, 6.45) is 1.60. The van der Waals surface area contributed by atoms with Crippen molar-refractivity contribution in [3.8, 4) is 11.4 Å². The molecule has 132 valence electrons. The molecule has 26 heavy (non-hydrogen) atoms. The van der Waals surface area contributed by atoms with Gasteiger partial charge in [0.25, 0.3) is 11.5 Å². The number of H-pyrrole nitrogens is 1. The molecule has 7 nitrogen and oxygen atoms in total. The van der Waals surface area contributed by atoms with E-state index in [-0.39, 0.29) is 11.5 Å². The van der Waals surface area contributed by atoms with Gasteiger partial charge >= 0.3 is 0 Å². The van der Waals surface area contributed by atoms with Crippen molar-refractivity contribution >= 4 is 17.3 Å². The molecule has 0 atom stereocenters. The Morgan fingerprint density at radius 2 is 1.85 bits per heavy atom. The number of carbonyl (C=O) groups excluding carboxylic acids is 1. The molecule has 0 spiro atoms. The average molecular weight is 349 g/mol. The van der Waals surface area contributed by atoms with E-state index in [1.54, 1.807) is 43.5 Å². The molecule has 0 saturated heterocycles. The minimum atomic E-state index is -0.288. The molecule has 7 heteroatoms. The first-order valence-corrected chi connectivity index (χ1v) is 8.05. The number of nitrogens with one attached hydrogen (secondary N) is 2. The summed E-state index contributed by atoms with van der Waals surface area (Å²) in [5.74, 6) is 0.205. The first-order valence-electron chi connectivity index (χ1n) is 8.05. The van der Waals surface area contributed by atoms with Crippen LogP contribution >= 0.6 is 0 Å². The number of benzene rings is 1. The second kappa shape index (κ2) is 7.18. The molecule has 3 aromatic rings. The quantitative estimate of drug-likeness (QED) is 0.755. The van der Waals surface area contributed by atoms with Gasteiger partial charge in [0.1, 0.15) is 11.5 Å². The third kappa shape index (κ3) is 3.94. The van der Waals surface area contributed by atoms with Crippen LogP contribution in [0.1, 0.15) is 16.2 Å². The van der Waals surface area contributed by atoms with Crippen molar-refractivity contribution < 1.29 is 4.79 Å². The first-order chi connectivity index (χ1) is 12.4. The third-order valence-electron chi connectivity index (χ3n) is 3.78. The van der Waals surface area contributed by atoms with Crippen molar-refractivity contribution in [1.29, 1.82) is 0 Å². The van der Waals surface area contributed by atoms with Gasteiger partial charge < -0.3 is 15.2 Å². The highest BCUT2D eigenvalue weighted by molar-refractivity contribution is 6.03. The average Bonchev–Trinajstić information content (AvgIpc) is 2.61. The predicted octanol–water partition coefficient (Wildman–Crippen LogP) is 2.46. The van der Waals surface area contributed by atoms with Gasteiger partial charge in [-0.25, -0.2) is 4.98 Å². The number of aromatic nitrogens is 3. The molecule has 0 bridgehead atoms. The van der Waals surface area contributed by atoms with Crippen molar-refractivity contribution in [3.05, 3.63) is 70.4 Å². The van der Waals surface area contributed by atoms with Gasteiger partial charge in [-0.05, 0) is 43.3 Å². The molecule has 0 saturated carbocycles. The van der Waals surface area contributed by atoms with E-state index in [9.17, 15) is 9.59 Å². The van der Waals surface area contributed by atoms with Gasteiger partial charge in [-0.3, -0.25) is 14.6 Å². The lowest BCUT2D eigenvalue weighted by molar-refractivity contribution is 0.102. The van der Waals surface area contributed by atoms with Crippen molar-refractivity contribution in [2.75, 3.05) is 24.3 Å². The number of rotatable bonds is 4. The summed E-state index contributed by atoms with van der Waals surface area (Å²) in [5, 5.41) is 2.81. The molecule has 0 radical (unpaired) electrons. The highest BCUT2D eigenvalue weighted by atomic mass is 16.2. The van der Waals surface area contributed by atoms with E-state index >= 15 is 0 Å². The van der Waals surface area contributed by atoms with Crippen LogP contribution in [0, 0.1) is 6.92 Å². The summed E-state index contributed by atoms with van der Waals surface area (Å²) < 4.78 is 0. The summed E-state index contributed by atoms with van der Waals surface area (Å²) in [6.45, 7) is 1.77. The molecule has 0 aliphatic heterocycles. The van der Waals surface area contributed by atoms with Crippen LogP contribution in [0.15, 0.2) is 53.5 Å². The molecule has 1 aromatic carbocycles. The van der Waals surface area contributed by atoms with Crippen molar-refractivity contribution in [3.63, 3.8) is 0 Å². The maximum Gasteiger partial charge on any atom is 0.274 e. The number of anilines is 2. The van der Waals surface area contributed by atoms with Crippen LogP contribution in [-0.2, 0) is 0 Å². The van der Waals surface area contributed by atoms with Gasteiger partial charge in [-0.2, -0.15) is 0 Å². The Morgan fingerprint density at radius 3 is 2.50 bits per heavy atom. The van der Waals surface area contributed by atoms with Crippen molar-refractivity contribution in [2.24, 2.45) is 0 Å². The molecule has 2 heterocycles. The fraction of sp³-hybridized carbons (Fsp3) is 0.158. The van der Waals surface area contributed by atoms with Gasteiger partial charge in [0.15, 0.2) is 0 Å². The lowest BCUT2D eigenvalue weighted by Crippen LogP contribution is -2.15. The fourth-order valence-electron chi connectivity index (χ4n) is 2.44. The van der Waals surface area contributed by atoms with Crippen LogP contribution in [0.25, 0.3) is 11.4 Å². The standard InChI is InChI=1S/C19H19N5O2/c1-12-10-17(25)23-18(21-12)13-4-6-14(7-5-13)22-19(26)16-11-15(24(2)3)8-9-20-16/h4-11H,1-3H3,(H,22,26)(H,21,23,25). The zero-order valence-electron chi connectivity index (χ0n) is 14.8. The molecule has 2 N–H and O–H groups in total. The second-order valence-electron chi connectivity index (χ2n) is 6.06. The lowest BCUT2D eigenvalue weighted by atomic mass is 10.2.